The van der Waals surface area contributed by atoms with Crippen molar-refractivity contribution in [2.75, 3.05) is 6.54 Å². The van der Waals surface area contributed by atoms with Crippen LogP contribution in [-0.2, 0) is 0 Å². The molecular formula is C16H28N2S. The summed E-state index contributed by atoms with van der Waals surface area (Å²) < 4.78 is 0. The number of aromatic nitrogens is 1. The Hall–Kier alpha value is -0.410. The second kappa shape index (κ2) is 6.85. The van der Waals surface area contributed by atoms with E-state index in [1.54, 1.807) is 0 Å². The molecule has 1 aliphatic rings. The Balaban J connectivity index is 2.17. The summed E-state index contributed by atoms with van der Waals surface area (Å²) in [5.74, 6) is 1.74. The summed E-state index contributed by atoms with van der Waals surface area (Å²) in [4.78, 5) is 6.11. The molecule has 0 amide bonds. The number of hydrogen-bond donors (Lipinski definition) is 1. The van der Waals surface area contributed by atoms with Crippen LogP contribution in [0.15, 0.2) is 0 Å². The molecule has 0 bridgehead atoms. The Bertz CT molecular complexity index is 399. The zero-order valence-electron chi connectivity index (χ0n) is 12.8. The van der Waals surface area contributed by atoms with Gasteiger partial charge in [0.2, 0.25) is 0 Å². The lowest BCUT2D eigenvalue weighted by Crippen LogP contribution is -2.31. The van der Waals surface area contributed by atoms with Crippen molar-refractivity contribution in [1.29, 1.82) is 0 Å². The standard InChI is InChI=1S/C16H28N2S/c1-5-13-8-7-9-14(10-13)15(17-6-2)16-11(3)18-12(4)19-16/h13-15,17H,5-10H2,1-4H3. The van der Waals surface area contributed by atoms with E-state index in [1.807, 2.05) is 11.3 Å². The summed E-state index contributed by atoms with van der Waals surface area (Å²) in [5, 5.41) is 4.94. The first-order valence-corrected chi connectivity index (χ1v) is 8.64. The molecule has 2 nitrogen and oxygen atoms in total. The van der Waals surface area contributed by atoms with E-state index >= 15 is 0 Å². The van der Waals surface area contributed by atoms with Gasteiger partial charge >= 0.3 is 0 Å². The highest BCUT2D eigenvalue weighted by molar-refractivity contribution is 7.11. The van der Waals surface area contributed by atoms with Gasteiger partial charge in [0.25, 0.3) is 0 Å². The zero-order valence-corrected chi connectivity index (χ0v) is 13.6. The average Bonchev–Trinajstić information content (AvgIpc) is 2.75. The summed E-state index contributed by atoms with van der Waals surface area (Å²) in [6.45, 7) is 9.91. The van der Waals surface area contributed by atoms with Crippen molar-refractivity contribution in [3.63, 3.8) is 0 Å². The molecule has 0 radical (unpaired) electrons. The fourth-order valence-corrected chi connectivity index (χ4v) is 4.63. The minimum atomic E-state index is 0.533. The molecule has 1 aromatic rings. The van der Waals surface area contributed by atoms with Gasteiger partial charge in [-0.1, -0.05) is 33.1 Å². The van der Waals surface area contributed by atoms with E-state index in [2.05, 4.69) is 38.0 Å². The van der Waals surface area contributed by atoms with Gasteiger partial charge < -0.3 is 5.32 Å². The second-order valence-corrected chi connectivity index (χ2v) is 7.15. The lowest BCUT2D eigenvalue weighted by atomic mass is 9.76. The summed E-state index contributed by atoms with van der Waals surface area (Å²) >= 11 is 1.89. The highest BCUT2D eigenvalue weighted by atomic mass is 32.1. The third-order valence-electron chi connectivity index (χ3n) is 4.52. The summed E-state index contributed by atoms with van der Waals surface area (Å²) in [6.07, 6.45) is 6.96. The van der Waals surface area contributed by atoms with Crippen molar-refractivity contribution in [3.05, 3.63) is 15.6 Å². The van der Waals surface area contributed by atoms with Gasteiger partial charge in [0.15, 0.2) is 0 Å². The molecule has 0 saturated heterocycles. The number of thiazole rings is 1. The Labute approximate surface area is 122 Å². The van der Waals surface area contributed by atoms with Crippen LogP contribution in [-0.4, -0.2) is 11.5 Å². The van der Waals surface area contributed by atoms with Crippen LogP contribution in [0.3, 0.4) is 0 Å². The van der Waals surface area contributed by atoms with Gasteiger partial charge in [0.1, 0.15) is 0 Å². The SMILES string of the molecule is CCNC(c1sc(C)nc1C)C1CCCC(CC)C1. The van der Waals surface area contributed by atoms with E-state index in [4.69, 9.17) is 0 Å². The van der Waals surface area contributed by atoms with Gasteiger partial charge in [-0.15, -0.1) is 11.3 Å². The molecular weight excluding hydrogens is 252 g/mol. The highest BCUT2D eigenvalue weighted by Gasteiger charge is 2.30. The van der Waals surface area contributed by atoms with Crippen molar-refractivity contribution >= 4 is 11.3 Å². The quantitative estimate of drug-likeness (QED) is 0.851. The molecule has 108 valence electrons. The van der Waals surface area contributed by atoms with Crippen molar-refractivity contribution < 1.29 is 0 Å². The van der Waals surface area contributed by atoms with E-state index in [0.29, 0.717) is 6.04 Å². The van der Waals surface area contributed by atoms with Gasteiger partial charge in [-0.3, -0.25) is 0 Å². The fourth-order valence-electron chi connectivity index (χ4n) is 3.54. The van der Waals surface area contributed by atoms with Gasteiger partial charge in [-0.2, -0.15) is 0 Å². The number of hydrogen-bond acceptors (Lipinski definition) is 3. The maximum atomic E-state index is 4.63. The van der Waals surface area contributed by atoms with Gasteiger partial charge in [0, 0.05) is 10.9 Å². The van der Waals surface area contributed by atoms with Crippen LogP contribution in [0.4, 0.5) is 0 Å². The second-order valence-electron chi connectivity index (χ2n) is 5.92. The van der Waals surface area contributed by atoms with Crippen molar-refractivity contribution in [2.24, 2.45) is 11.8 Å². The Morgan fingerprint density at radius 3 is 2.68 bits per heavy atom. The molecule has 1 aliphatic carbocycles. The van der Waals surface area contributed by atoms with Crippen molar-refractivity contribution in [3.8, 4) is 0 Å². The molecule has 19 heavy (non-hydrogen) atoms. The van der Waals surface area contributed by atoms with E-state index in [0.717, 1.165) is 18.4 Å². The monoisotopic (exact) mass is 280 g/mol. The topological polar surface area (TPSA) is 24.9 Å². The van der Waals surface area contributed by atoms with Crippen molar-refractivity contribution in [1.82, 2.24) is 10.3 Å². The van der Waals surface area contributed by atoms with Gasteiger partial charge in [-0.25, -0.2) is 4.98 Å². The maximum Gasteiger partial charge on any atom is 0.0900 e. The molecule has 1 fully saturated rings. The number of nitrogens with zero attached hydrogens (tertiary/aromatic N) is 1. The summed E-state index contributed by atoms with van der Waals surface area (Å²) in [7, 11) is 0. The normalized spacial score (nSPS) is 25.5. The maximum absolute atomic E-state index is 4.63. The minimum Gasteiger partial charge on any atom is -0.309 e. The van der Waals surface area contributed by atoms with Crippen LogP contribution in [0.2, 0.25) is 0 Å². The number of aryl methyl sites for hydroxylation is 2. The van der Waals surface area contributed by atoms with E-state index in [1.165, 1.54) is 47.7 Å². The van der Waals surface area contributed by atoms with E-state index < -0.39 is 0 Å². The highest BCUT2D eigenvalue weighted by Crippen LogP contribution is 2.40. The first kappa shape index (κ1) is 15.0. The predicted octanol–water partition coefficient (Wildman–Crippen LogP) is 4.63. The van der Waals surface area contributed by atoms with Crippen LogP contribution in [0.1, 0.15) is 67.6 Å². The smallest absolute Gasteiger partial charge is 0.0900 e. The van der Waals surface area contributed by atoms with Crippen LogP contribution in [0.5, 0.6) is 0 Å². The summed E-state index contributed by atoms with van der Waals surface area (Å²) in [5.41, 5.74) is 1.24. The molecule has 3 unspecified atom stereocenters. The minimum absolute atomic E-state index is 0.533. The third-order valence-corrected chi connectivity index (χ3v) is 5.67. The molecule has 0 spiro atoms. The van der Waals surface area contributed by atoms with Crippen LogP contribution >= 0.6 is 11.3 Å². The average molecular weight is 280 g/mol. The summed E-state index contributed by atoms with van der Waals surface area (Å²) in [6, 6.07) is 0.533. The Morgan fingerprint density at radius 1 is 1.32 bits per heavy atom. The molecule has 2 rings (SSSR count). The number of rotatable bonds is 5. The van der Waals surface area contributed by atoms with E-state index in [9.17, 15) is 0 Å². The van der Waals surface area contributed by atoms with Crippen molar-refractivity contribution in [2.45, 2.75) is 65.8 Å². The fraction of sp³-hybridized carbons (Fsp3) is 0.812. The predicted molar refractivity (Wildman–Crippen MR) is 83.7 cm³/mol. The Morgan fingerprint density at radius 2 is 2.11 bits per heavy atom. The molecule has 0 aliphatic heterocycles. The van der Waals surface area contributed by atoms with Crippen LogP contribution in [0, 0.1) is 25.7 Å². The lowest BCUT2D eigenvalue weighted by molar-refractivity contribution is 0.212. The van der Waals surface area contributed by atoms with Crippen LogP contribution in [0.25, 0.3) is 0 Å². The molecule has 1 heterocycles. The first-order chi connectivity index (χ1) is 9.15. The third kappa shape index (κ3) is 3.57. The van der Waals surface area contributed by atoms with E-state index in [-0.39, 0.29) is 0 Å². The lowest BCUT2D eigenvalue weighted by Gasteiger charge is -2.34. The van der Waals surface area contributed by atoms with Gasteiger partial charge in [0.05, 0.1) is 10.7 Å². The largest absolute Gasteiger partial charge is 0.309 e. The van der Waals surface area contributed by atoms with Crippen LogP contribution < -0.4 is 5.32 Å². The molecule has 1 aromatic heterocycles. The Kier molecular flexibility index (Phi) is 5.40. The number of nitrogens with one attached hydrogen (secondary N) is 1. The molecule has 1 saturated carbocycles. The first-order valence-electron chi connectivity index (χ1n) is 7.83. The van der Waals surface area contributed by atoms with Gasteiger partial charge in [-0.05, 0) is 45.1 Å². The molecule has 1 N–H and O–H groups in total. The zero-order chi connectivity index (χ0) is 13.8. The molecule has 3 atom stereocenters. The molecule has 3 heteroatoms. The molecule has 0 aromatic carbocycles.